The second kappa shape index (κ2) is 57.6. The number of Topliss-reactive ketones (excluding diaryl/α,β-unsaturated/α-hetero) is 1. The van der Waals surface area contributed by atoms with Crippen molar-refractivity contribution in [1.29, 1.82) is 0 Å². The molecule has 10 atom stereocenters. The van der Waals surface area contributed by atoms with Gasteiger partial charge in [-0.15, -0.1) is 0 Å². The van der Waals surface area contributed by atoms with Gasteiger partial charge in [0.05, 0.1) is 39.5 Å². The van der Waals surface area contributed by atoms with Gasteiger partial charge in [0.15, 0.2) is 18.7 Å². The molecule has 0 bridgehead atoms. The molecule has 28 nitrogen and oxygen atoms in total. The Hall–Kier alpha value is -3.57. The molecule has 0 spiro atoms. The molecule has 0 aromatic carbocycles. The van der Waals surface area contributed by atoms with Crippen LogP contribution in [0.4, 0.5) is 0 Å². The zero-order valence-corrected chi connectivity index (χ0v) is 64.6. The first-order valence-corrected chi connectivity index (χ1v) is 41.9. The lowest BCUT2D eigenvalue weighted by Crippen LogP contribution is -2.68. The minimum atomic E-state index is -5.47. The zero-order valence-electron chi connectivity index (χ0n) is 62.8. The van der Waals surface area contributed by atoms with Gasteiger partial charge >= 0.3 is 21.6 Å². The van der Waals surface area contributed by atoms with Gasteiger partial charge in [0.1, 0.15) is 54.9 Å². The van der Waals surface area contributed by atoms with Crippen LogP contribution in [0, 0.1) is 0 Å². The van der Waals surface area contributed by atoms with Crippen LogP contribution in [-0.4, -0.2) is 209 Å². The molecule has 2 aliphatic rings. The number of ether oxygens (including phenoxy) is 6. The van der Waals surface area contributed by atoms with E-state index in [0.29, 0.717) is 32.1 Å². The first kappa shape index (κ1) is 94.5. The Morgan fingerprint density at radius 2 is 0.824 bits per heavy atom. The zero-order chi connectivity index (χ0) is 75.4. The standard InChI is InChI=1S/C72H135N5O23P2/c1-7-11-15-19-23-27-31-35-39-45-59(80)73-51-64(85)99-69-65(74-60(81)52-76(5)62(83)46-40-36-32-28-24-20-16-12-8-2)71(94-49-50-96-101(87,88)89)98-58(67(69)86)55-95-72-66(75-61(82)53-77(6)63(84)47-41-37-33-29-25-21-17-13-9-3)70(68(57(54-78)97-72)100-102(90,91)92)93-48-42-44-56(79)43-38-34-30-26-22-18-14-10-4/h57-58,65-72,78,86H,7-55H2,1-6H3,(H,73,80)(H,74,81)(H,75,82)(H2,87,88,89)(H2,90,91,92)/t57-,58-,65-,66-,67-,68-,69-,70-,71+,72-/m1/s1. The number of amides is 5. The van der Waals surface area contributed by atoms with Crippen molar-refractivity contribution in [2.24, 2.45) is 0 Å². The number of aliphatic hydroxyl groups excluding tert-OH is 2. The number of ketones is 1. The minimum Gasteiger partial charge on any atom is -0.456 e. The highest BCUT2D eigenvalue weighted by atomic mass is 31.2. The van der Waals surface area contributed by atoms with Crippen LogP contribution < -0.4 is 16.0 Å². The van der Waals surface area contributed by atoms with E-state index in [2.05, 4.69) is 48.2 Å². The quantitative estimate of drug-likeness (QED) is 0.0155. The molecule has 0 aliphatic carbocycles. The molecule has 0 radical (unpaired) electrons. The second-order valence-electron chi connectivity index (χ2n) is 27.7. The number of hydrogen-bond acceptors (Lipinski definition) is 19. The van der Waals surface area contributed by atoms with Crippen molar-refractivity contribution < 1.29 is 110 Å². The number of phosphoric ester groups is 2. The maximum absolute atomic E-state index is 14.3. The number of phosphoric acid groups is 2. The molecular formula is C72H135N5O23P2. The first-order valence-electron chi connectivity index (χ1n) is 38.8. The summed E-state index contributed by atoms with van der Waals surface area (Å²) in [6.07, 6.45) is 22.2. The Balaban J connectivity index is 2.60. The van der Waals surface area contributed by atoms with Gasteiger partial charge < -0.3 is 84.0 Å². The van der Waals surface area contributed by atoms with Gasteiger partial charge in [-0.1, -0.05) is 227 Å². The van der Waals surface area contributed by atoms with Crippen molar-refractivity contribution in [1.82, 2.24) is 25.8 Å². The van der Waals surface area contributed by atoms with E-state index in [0.717, 1.165) is 148 Å². The molecule has 2 saturated heterocycles. The number of aliphatic hydroxyl groups is 2. The number of rotatable bonds is 64. The van der Waals surface area contributed by atoms with E-state index < -0.39 is 147 Å². The predicted molar refractivity (Wildman–Crippen MR) is 386 cm³/mol. The molecule has 596 valence electrons. The molecule has 9 N–H and O–H groups in total. The Morgan fingerprint density at radius 3 is 1.25 bits per heavy atom. The van der Waals surface area contributed by atoms with Crippen LogP contribution in [0.1, 0.15) is 291 Å². The summed E-state index contributed by atoms with van der Waals surface area (Å²) in [6, 6.07) is -3.31. The molecule has 0 saturated carbocycles. The van der Waals surface area contributed by atoms with Crippen molar-refractivity contribution in [3.8, 4) is 0 Å². The molecule has 2 rings (SSSR count). The highest BCUT2D eigenvalue weighted by molar-refractivity contribution is 7.46. The van der Waals surface area contributed by atoms with E-state index in [1.54, 1.807) is 0 Å². The van der Waals surface area contributed by atoms with Crippen LogP contribution in [-0.2, 0) is 80.2 Å². The predicted octanol–water partition coefficient (Wildman–Crippen LogP) is 10.4. The molecule has 102 heavy (non-hydrogen) atoms. The number of carbonyl (C=O) groups excluding carboxylic acids is 7. The van der Waals surface area contributed by atoms with E-state index in [9.17, 15) is 72.5 Å². The van der Waals surface area contributed by atoms with Crippen LogP contribution >= 0.6 is 15.6 Å². The summed E-state index contributed by atoms with van der Waals surface area (Å²) >= 11 is 0. The summed E-state index contributed by atoms with van der Waals surface area (Å²) in [5, 5.41) is 31.2. The number of esters is 1. The first-order chi connectivity index (χ1) is 48.9. The van der Waals surface area contributed by atoms with E-state index in [-0.39, 0.29) is 56.3 Å². The molecular weight excluding hydrogens is 1360 g/mol. The van der Waals surface area contributed by atoms with Crippen molar-refractivity contribution in [2.45, 2.75) is 352 Å². The topological polar surface area (TPSA) is 391 Å². The van der Waals surface area contributed by atoms with Crippen LogP contribution in [0.25, 0.3) is 0 Å². The smallest absolute Gasteiger partial charge is 0.456 e. The fourth-order valence-corrected chi connectivity index (χ4v) is 13.5. The van der Waals surface area contributed by atoms with Gasteiger partial charge in [0.25, 0.3) is 0 Å². The Morgan fingerprint density at radius 1 is 0.431 bits per heavy atom. The number of likely N-dealkylation sites (N-methyl/N-ethyl adjacent to an activating group) is 2. The average Bonchev–Trinajstić information content (AvgIpc) is 0.800. The summed E-state index contributed by atoms with van der Waals surface area (Å²) in [4.78, 5) is 137. The van der Waals surface area contributed by atoms with Gasteiger partial charge in [0, 0.05) is 52.8 Å². The largest absolute Gasteiger partial charge is 0.470 e. The summed E-state index contributed by atoms with van der Waals surface area (Å²) in [7, 11) is -7.69. The lowest BCUT2D eigenvalue weighted by atomic mass is 9.95. The van der Waals surface area contributed by atoms with Crippen molar-refractivity contribution in [3.05, 3.63) is 0 Å². The Kier molecular flexibility index (Phi) is 53.4. The van der Waals surface area contributed by atoms with Crippen LogP contribution in [0.5, 0.6) is 0 Å². The summed E-state index contributed by atoms with van der Waals surface area (Å²) in [5.74, 6) is -3.94. The second-order valence-corrected chi connectivity index (χ2v) is 30.1. The van der Waals surface area contributed by atoms with E-state index >= 15 is 0 Å². The number of carbonyl (C=O) groups is 7. The highest BCUT2D eigenvalue weighted by Crippen LogP contribution is 2.43. The van der Waals surface area contributed by atoms with Crippen LogP contribution in [0.15, 0.2) is 0 Å². The van der Waals surface area contributed by atoms with Crippen LogP contribution in [0.3, 0.4) is 0 Å². The minimum absolute atomic E-state index is 0.0430. The average molecular weight is 1500 g/mol. The molecule has 30 heteroatoms. The molecule has 2 aliphatic heterocycles. The van der Waals surface area contributed by atoms with E-state index in [4.69, 9.17) is 32.9 Å². The lowest BCUT2D eigenvalue weighted by Gasteiger charge is -2.47. The van der Waals surface area contributed by atoms with Crippen molar-refractivity contribution in [3.63, 3.8) is 0 Å². The van der Waals surface area contributed by atoms with Crippen molar-refractivity contribution in [2.75, 3.05) is 66.8 Å². The SMILES string of the molecule is CCCCCCCCCCCC(=O)NCC(=O)O[C@H]1[C@H](O)[C@@H](CO[C@@H]2O[C@H](CO)[C@@H](OP(=O)(O)O)[C@H](OCCCC(=O)CCCCCCCCCC)[C@H]2NC(=O)CN(C)C(=O)CCCCCCCCCCC)O[C@H](OCCOP(=O)(O)O)[C@@H]1NC(=O)CN(C)C(=O)CCCCCCCCCCC. The van der Waals surface area contributed by atoms with Gasteiger partial charge in [-0.05, 0) is 32.1 Å². The normalized spacial score (nSPS) is 20.8. The van der Waals surface area contributed by atoms with Gasteiger partial charge in [-0.3, -0.25) is 42.6 Å². The van der Waals surface area contributed by atoms with Crippen molar-refractivity contribution >= 4 is 56.9 Å². The molecule has 2 heterocycles. The number of unbranched alkanes of at least 4 members (excludes halogenated alkanes) is 31. The van der Waals surface area contributed by atoms with Gasteiger partial charge in [-0.2, -0.15) is 0 Å². The molecule has 2 fully saturated rings. The molecule has 5 amide bonds. The molecule has 0 aromatic rings. The number of nitrogens with one attached hydrogen (secondary N) is 3. The van der Waals surface area contributed by atoms with Crippen LogP contribution in [0.2, 0.25) is 0 Å². The third-order valence-corrected chi connectivity index (χ3v) is 19.5. The Labute approximate surface area is 609 Å². The summed E-state index contributed by atoms with van der Waals surface area (Å²) in [6.45, 7) is 3.39. The summed E-state index contributed by atoms with van der Waals surface area (Å²) < 4.78 is 71.4. The van der Waals surface area contributed by atoms with Gasteiger partial charge in [0.2, 0.25) is 29.5 Å². The monoisotopic (exact) mass is 1500 g/mol. The highest BCUT2D eigenvalue weighted by Gasteiger charge is 2.53. The molecule has 0 unspecified atom stereocenters. The lowest BCUT2D eigenvalue weighted by molar-refractivity contribution is -0.306. The van der Waals surface area contributed by atoms with E-state index in [1.807, 2.05) is 0 Å². The Bertz CT molecular complexity index is 2370. The van der Waals surface area contributed by atoms with E-state index in [1.165, 1.54) is 75.3 Å². The molecule has 0 aromatic heterocycles. The fourth-order valence-electron chi connectivity index (χ4n) is 12.6. The number of hydrogen-bond donors (Lipinski definition) is 9. The van der Waals surface area contributed by atoms with Gasteiger partial charge in [-0.25, -0.2) is 9.13 Å². The maximum Gasteiger partial charge on any atom is 0.470 e. The summed E-state index contributed by atoms with van der Waals surface area (Å²) in [5.41, 5.74) is 0. The fraction of sp³-hybridized carbons (Fsp3) is 0.903. The third kappa shape index (κ3) is 45.2. The maximum atomic E-state index is 14.3. The third-order valence-electron chi connectivity index (χ3n) is 18.5. The number of nitrogens with zero attached hydrogens (tertiary/aromatic N) is 2.